The second kappa shape index (κ2) is 9.69. The zero-order valence-electron chi connectivity index (χ0n) is 16.9. The molecule has 1 amide bonds. The van der Waals surface area contributed by atoms with Gasteiger partial charge in [-0.15, -0.1) is 0 Å². The van der Waals surface area contributed by atoms with E-state index in [-0.39, 0.29) is 35.5 Å². The standard InChI is InChI=1S/C22H25NO7/c1-13(2)30-22(29)16(10-15-5-8-18(25)20(27)12-15)23(3)21(28)9-6-14-4-7-17(24)19(26)11-14/h4-9,11-13,16,24-27H,10H2,1-3H3/b9-6+/t16-/m1/s1. The number of nitrogens with zero attached hydrogens (tertiary/aromatic N) is 1. The lowest BCUT2D eigenvalue weighted by Gasteiger charge is -2.26. The van der Waals surface area contributed by atoms with Crippen molar-refractivity contribution in [3.05, 3.63) is 53.6 Å². The number of phenolic OH excluding ortho intramolecular Hbond substituents is 4. The fraction of sp³-hybridized carbons (Fsp3) is 0.273. The molecule has 2 aromatic rings. The number of ether oxygens (including phenoxy) is 1. The third kappa shape index (κ3) is 5.91. The zero-order chi connectivity index (χ0) is 22.4. The van der Waals surface area contributed by atoms with Crippen LogP contribution in [0.5, 0.6) is 23.0 Å². The van der Waals surface area contributed by atoms with Crippen molar-refractivity contribution in [3.63, 3.8) is 0 Å². The van der Waals surface area contributed by atoms with Gasteiger partial charge < -0.3 is 30.1 Å². The van der Waals surface area contributed by atoms with Crippen LogP contribution < -0.4 is 0 Å². The average molecular weight is 415 g/mol. The Bertz CT molecular complexity index is 952. The van der Waals surface area contributed by atoms with Crippen LogP contribution in [0.25, 0.3) is 6.08 Å². The van der Waals surface area contributed by atoms with Crippen LogP contribution in [-0.2, 0) is 20.7 Å². The van der Waals surface area contributed by atoms with E-state index < -0.39 is 17.9 Å². The first kappa shape index (κ1) is 22.6. The van der Waals surface area contributed by atoms with Gasteiger partial charge in [0.1, 0.15) is 6.04 Å². The number of hydrogen-bond donors (Lipinski definition) is 4. The molecule has 1 atom stereocenters. The van der Waals surface area contributed by atoms with Gasteiger partial charge in [-0.05, 0) is 55.3 Å². The minimum atomic E-state index is -0.971. The van der Waals surface area contributed by atoms with Crippen LogP contribution in [0.3, 0.4) is 0 Å². The minimum Gasteiger partial charge on any atom is -0.504 e. The lowest BCUT2D eigenvalue weighted by molar-refractivity contribution is -0.156. The first-order valence-corrected chi connectivity index (χ1v) is 9.26. The SMILES string of the molecule is CC(C)OC(=O)[C@@H](Cc1ccc(O)c(O)c1)N(C)C(=O)/C=C/c1ccc(O)c(O)c1. The minimum absolute atomic E-state index is 0.0650. The lowest BCUT2D eigenvalue weighted by atomic mass is 10.0. The number of aromatic hydroxyl groups is 4. The highest BCUT2D eigenvalue weighted by Gasteiger charge is 2.28. The van der Waals surface area contributed by atoms with E-state index >= 15 is 0 Å². The molecule has 0 spiro atoms. The molecule has 0 radical (unpaired) electrons. The van der Waals surface area contributed by atoms with E-state index in [0.717, 1.165) is 0 Å². The van der Waals surface area contributed by atoms with Crippen molar-refractivity contribution in [3.8, 4) is 23.0 Å². The van der Waals surface area contributed by atoms with E-state index in [9.17, 15) is 30.0 Å². The summed E-state index contributed by atoms with van der Waals surface area (Å²) in [7, 11) is 1.45. The monoisotopic (exact) mass is 415 g/mol. The zero-order valence-corrected chi connectivity index (χ0v) is 16.9. The van der Waals surface area contributed by atoms with Crippen LogP contribution in [-0.4, -0.2) is 56.4 Å². The number of hydrogen-bond acceptors (Lipinski definition) is 7. The van der Waals surface area contributed by atoms with Crippen molar-refractivity contribution in [1.82, 2.24) is 4.90 Å². The molecule has 4 N–H and O–H groups in total. The Morgan fingerprint density at radius 3 is 2.13 bits per heavy atom. The number of phenols is 4. The maximum atomic E-state index is 12.6. The summed E-state index contributed by atoms with van der Waals surface area (Å²) in [6, 6.07) is 7.29. The predicted molar refractivity (Wildman–Crippen MR) is 110 cm³/mol. The number of benzene rings is 2. The van der Waals surface area contributed by atoms with Gasteiger partial charge in [0, 0.05) is 19.5 Å². The van der Waals surface area contributed by atoms with Crippen LogP contribution in [0.2, 0.25) is 0 Å². The van der Waals surface area contributed by atoms with Gasteiger partial charge in [-0.2, -0.15) is 0 Å². The van der Waals surface area contributed by atoms with E-state index in [0.29, 0.717) is 11.1 Å². The maximum absolute atomic E-state index is 12.6. The summed E-state index contributed by atoms with van der Waals surface area (Å²) in [5.74, 6) is -2.30. The maximum Gasteiger partial charge on any atom is 0.329 e. The van der Waals surface area contributed by atoms with E-state index in [1.54, 1.807) is 13.8 Å². The van der Waals surface area contributed by atoms with Crippen molar-refractivity contribution in [2.75, 3.05) is 7.05 Å². The smallest absolute Gasteiger partial charge is 0.329 e. The van der Waals surface area contributed by atoms with E-state index in [4.69, 9.17) is 4.74 Å². The van der Waals surface area contributed by atoms with Crippen LogP contribution >= 0.6 is 0 Å². The fourth-order valence-corrected chi connectivity index (χ4v) is 2.69. The second-order valence-electron chi connectivity index (χ2n) is 7.06. The molecule has 0 aliphatic rings. The first-order chi connectivity index (χ1) is 14.1. The summed E-state index contributed by atoms with van der Waals surface area (Å²) in [6.45, 7) is 3.39. The van der Waals surface area contributed by atoms with Crippen molar-refractivity contribution in [2.24, 2.45) is 0 Å². The molecule has 8 nitrogen and oxygen atoms in total. The first-order valence-electron chi connectivity index (χ1n) is 9.26. The molecule has 160 valence electrons. The molecular weight excluding hydrogens is 390 g/mol. The van der Waals surface area contributed by atoms with Gasteiger partial charge >= 0.3 is 5.97 Å². The quantitative estimate of drug-likeness (QED) is 0.311. The highest BCUT2D eigenvalue weighted by Crippen LogP contribution is 2.27. The molecule has 0 fully saturated rings. The summed E-state index contributed by atoms with van der Waals surface area (Å²) >= 11 is 0. The third-order valence-electron chi connectivity index (χ3n) is 4.33. The summed E-state index contributed by atoms with van der Waals surface area (Å²) in [6.07, 6.45) is 2.35. The number of carbonyl (C=O) groups excluding carboxylic acids is 2. The van der Waals surface area contributed by atoms with Gasteiger partial charge in [0.25, 0.3) is 0 Å². The Balaban J connectivity index is 2.23. The molecule has 0 aromatic heterocycles. The molecule has 0 heterocycles. The Morgan fingerprint density at radius 2 is 1.57 bits per heavy atom. The molecule has 0 saturated heterocycles. The third-order valence-corrected chi connectivity index (χ3v) is 4.33. The largest absolute Gasteiger partial charge is 0.504 e. The molecule has 2 rings (SSSR count). The number of esters is 1. The molecule has 30 heavy (non-hydrogen) atoms. The molecule has 0 saturated carbocycles. The molecule has 0 aliphatic heterocycles. The van der Waals surface area contributed by atoms with E-state index in [1.165, 1.54) is 60.5 Å². The van der Waals surface area contributed by atoms with E-state index in [1.807, 2.05) is 0 Å². The summed E-state index contributed by atoms with van der Waals surface area (Å²) in [4.78, 5) is 26.5. The van der Waals surface area contributed by atoms with Crippen LogP contribution in [0.4, 0.5) is 0 Å². The molecule has 0 aliphatic carbocycles. The predicted octanol–water partition coefficient (Wildman–Crippen LogP) is 2.54. The van der Waals surface area contributed by atoms with Crippen molar-refractivity contribution in [2.45, 2.75) is 32.4 Å². The van der Waals surface area contributed by atoms with Crippen LogP contribution in [0, 0.1) is 0 Å². The Kier molecular flexibility index (Phi) is 7.30. The highest BCUT2D eigenvalue weighted by molar-refractivity contribution is 5.94. The fourth-order valence-electron chi connectivity index (χ4n) is 2.69. The average Bonchev–Trinajstić information content (AvgIpc) is 2.68. The molecular formula is C22H25NO7. The van der Waals surface area contributed by atoms with Crippen molar-refractivity contribution >= 4 is 18.0 Å². The number of likely N-dealkylation sites (N-methyl/N-ethyl adjacent to an activating group) is 1. The lowest BCUT2D eigenvalue weighted by Crippen LogP contribution is -2.44. The molecule has 8 heteroatoms. The van der Waals surface area contributed by atoms with Gasteiger partial charge in [0.05, 0.1) is 6.10 Å². The molecule has 0 bridgehead atoms. The van der Waals surface area contributed by atoms with Gasteiger partial charge in [-0.25, -0.2) is 4.79 Å². The van der Waals surface area contributed by atoms with Gasteiger partial charge in [-0.3, -0.25) is 4.79 Å². The van der Waals surface area contributed by atoms with Crippen molar-refractivity contribution < 1.29 is 34.8 Å². The number of amides is 1. The Morgan fingerprint density at radius 1 is 0.967 bits per heavy atom. The Labute approximate surface area is 174 Å². The summed E-state index contributed by atoms with van der Waals surface area (Å²) in [5.41, 5.74) is 1.01. The highest BCUT2D eigenvalue weighted by atomic mass is 16.5. The normalized spacial score (nSPS) is 12.1. The number of carbonyl (C=O) groups is 2. The topological polar surface area (TPSA) is 128 Å². The van der Waals surface area contributed by atoms with Crippen molar-refractivity contribution in [1.29, 1.82) is 0 Å². The van der Waals surface area contributed by atoms with Crippen LogP contribution in [0.15, 0.2) is 42.5 Å². The molecule has 0 unspecified atom stereocenters. The Hall–Kier alpha value is -3.68. The van der Waals surface area contributed by atoms with Gasteiger partial charge in [0.15, 0.2) is 23.0 Å². The summed E-state index contributed by atoms with van der Waals surface area (Å²) < 4.78 is 5.27. The number of rotatable bonds is 7. The van der Waals surface area contributed by atoms with Gasteiger partial charge in [0.2, 0.25) is 5.91 Å². The van der Waals surface area contributed by atoms with Crippen LogP contribution in [0.1, 0.15) is 25.0 Å². The summed E-state index contributed by atoms with van der Waals surface area (Å²) in [5, 5.41) is 38.1. The second-order valence-corrected chi connectivity index (χ2v) is 7.06. The molecule has 2 aromatic carbocycles. The van der Waals surface area contributed by atoms with Gasteiger partial charge in [-0.1, -0.05) is 12.1 Å². The van der Waals surface area contributed by atoms with E-state index in [2.05, 4.69) is 0 Å².